The molecule has 1 aromatic carbocycles. The fraction of sp³-hybridized carbons (Fsp3) is 0.500. The Morgan fingerprint density at radius 3 is 2.69 bits per heavy atom. The second-order valence-corrected chi connectivity index (χ2v) is 8.39. The van der Waals surface area contributed by atoms with Crippen LogP contribution in [0.4, 0.5) is 11.8 Å². The molecule has 0 bridgehead atoms. The SMILES string of the molecule is CCCOc1ccc(C2c3c(nc(N4CCCCC4CC)[nH]c3=O)NC(=O)C2C#N)cc1. The Bertz CT molecular complexity index is 1070. The average Bonchev–Trinajstić information content (AvgIpc) is 2.82. The van der Waals surface area contributed by atoms with Crippen LogP contribution in [0.3, 0.4) is 0 Å². The first-order valence-electron chi connectivity index (χ1n) is 11.4. The zero-order chi connectivity index (χ0) is 22.7. The monoisotopic (exact) mass is 435 g/mol. The number of piperidine rings is 1. The average molecular weight is 436 g/mol. The first kappa shape index (κ1) is 21.9. The summed E-state index contributed by atoms with van der Waals surface area (Å²) in [5.74, 6) is -0.710. The van der Waals surface area contributed by atoms with Crippen molar-refractivity contribution in [3.63, 3.8) is 0 Å². The number of ether oxygens (including phenoxy) is 1. The van der Waals surface area contributed by atoms with E-state index in [1.165, 1.54) is 0 Å². The second-order valence-electron chi connectivity index (χ2n) is 8.39. The number of nitrogens with zero attached hydrogens (tertiary/aromatic N) is 3. The molecule has 8 heteroatoms. The van der Waals surface area contributed by atoms with Crippen molar-refractivity contribution in [1.29, 1.82) is 5.26 Å². The molecule has 3 unspecified atom stereocenters. The van der Waals surface area contributed by atoms with E-state index in [1.807, 2.05) is 19.1 Å². The van der Waals surface area contributed by atoms with Gasteiger partial charge in [-0.25, -0.2) is 0 Å². The molecule has 168 valence electrons. The van der Waals surface area contributed by atoms with Crippen molar-refractivity contribution in [3.05, 3.63) is 45.7 Å². The van der Waals surface area contributed by atoms with Gasteiger partial charge in [-0.1, -0.05) is 26.0 Å². The predicted molar refractivity (Wildman–Crippen MR) is 122 cm³/mol. The lowest BCUT2D eigenvalue weighted by Gasteiger charge is -2.36. The minimum atomic E-state index is -1.02. The minimum absolute atomic E-state index is 0.247. The van der Waals surface area contributed by atoms with Crippen LogP contribution in [-0.4, -0.2) is 35.1 Å². The van der Waals surface area contributed by atoms with Crippen LogP contribution in [0.2, 0.25) is 0 Å². The normalized spacial score (nSPS) is 22.6. The molecule has 2 N–H and O–H groups in total. The van der Waals surface area contributed by atoms with Crippen molar-refractivity contribution in [1.82, 2.24) is 9.97 Å². The van der Waals surface area contributed by atoms with Crippen LogP contribution in [-0.2, 0) is 4.79 Å². The van der Waals surface area contributed by atoms with Crippen molar-refractivity contribution in [2.45, 2.75) is 57.9 Å². The predicted octanol–water partition coefficient (Wildman–Crippen LogP) is 3.55. The molecule has 0 saturated carbocycles. The molecule has 0 spiro atoms. The van der Waals surface area contributed by atoms with Crippen molar-refractivity contribution in [2.75, 3.05) is 23.4 Å². The molecule has 32 heavy (non-hydrogen) atoms. The lowest BCUT2D eigenvalue weighted by atomic mass is 9.79. The molecule has 3 heterocycles. The Morgan fingerprint density at radius 2 is 2.00 bits per heavy atom. The van der Waals surface area contributed by atoms with Crippen LogP contribution in [0, 0.1) is 17.2 Å². The molecule has 2 aliphatic heterocycles. The fourth-order valence-corrected chi connectivity index (χ4v) is 4.69. The number of nitriles is 1. The summed E-state index contributed by atoms with van der Waals surface area (Å²) in [7, 11) is 0. The van der Waals surface area contributed by atoms with Gasteiger partial charge in [0.05, 0.1) is 18.2 Å². The van der Waals surface area contributed by atoms with Gasteiger partial charge in [0.2, 0.25) is 11.9 Å². The number of aromatic nitrogens is 2. The molecule has 1 aromatic heterocycles. The van der Waals surface area contributed by atoms with Crippen LogP contribution in [0.5, 0.6) is 5.75 Å². The van der Waals surface area contributed by atoms with E-state index in [1.54, 1.807) is 12.1 Å². The van der Waals surface area contributed by atoms with E-state index < -0.39 is 17.7 Å². The topological polar surface area (TPSA) is 111 Å². The van der Waals surface area contributed by atoms with Gasteiger partial charge in [0.15, 0.2) is 0 Å². The molecule has 0 aliphatic carbocycles. The lowest BCUT2D eigenvalue weighted by Crippen LogP contribution is -2.43. The smallest absolute Gasteiger partial charge is 0.258 e. The Balaban J connectivity index is 1.75. The van der Waals surface area contributed by atoms with Gasteiger partial charge in [-0.2, -0.15) is 10.2 Å². The largest absolute Gasteiger partial charge is 0.494 e. The highest BCUT2D eigenvalue weighted by atomic mass is 16.5. The Labute approximate surface area is 187 Å². The van der Waals surface area contributed by atoms with Gasteiger partial charge in [0, 0.05) is 18.5 Å². The van der Waals surface area contributed by atoms with Gasteiger partial charge < -0.3 is 15.0 Å². The quantitative estimate of drug-likeness (QED) is 0.718. The minimum Gasteiger partial charge on any atom is -0.494 e. The van der Waals surface area contributed by atoms with Crippen molar-refractivity contribution >= 4 is 17.7 Å². The summed E-state index contributed by atoms with van der Waals surface area (Å²) in [6.07, 6.45) is 5.10. The number of nitrogens with one attached hydrogen (secondary N) is 2. The van der Waals surface area contributed by atoms with Gasteiger partial charge in [-0.15, -0.1) is 0 Å². The zero-order valence-electron chi connectivity index (χ0n) is 18.6. The zero-order valence-corrected chi connectivity index (χ0v) is 18.6. The maximum atomic E-state index is 13.3. The number of carbonyl (C=O) groups excluding carboxylic acids is 1. The third-order valence-corrected chi connectivity index (χ3v) is 6.33. The molecule has 1 fully saturated rings. The third-order valence-electron chi connectivity index (χ3n) is 6.33. The summed E-state index contributed by atoms with van der Waals surface area (Å²) in [5.41, 5.74) is 0.718. The van der Waals surface area contributed by atoms with E-state index in [2.05, 4.69) is 33.2 Å². The molecular weight excluding hydrogens is 406 g/mol. The number of rotatable bonds is 6. The maximum Gasteiger partial charge on any atom is 0.258 e. The van der Waals surface area contributed by atoms with E-state index in [0.29, 0.717) is 35.5 Å². The highest BCUT2D eigenvalue weighted by molar-refractivity contribution is 5.98. The molecule has 8 nitrogen and oxygen atoms in total. The summed E-state index contributed by atoms with van der Waals surface area (Å²) in [6.45, 7) is 5.58. The second kappa shape index (κ2) is 9.43. The van der Waals surface area contributed by atoms with Gasteiger partial charge in [-0.3, -0.25) is 14.6 Å². The van der Waals surface area contributed by atoms with E-state index in [4.69, 9.17) is 4.74 Å². The van der Waals surface area contributed by atoms with Crippen LogP contribution in [0.15, 0.2) is 29.1 Å². The highest BCUT2D eigenvalue weighted by Crippen LogP contribution is 2.39. The van der Waals surface area contributed by atoms with E-state index in [0.717, 1.165) is 38.6 Å². The van der Waals surface area contributed by atoms with Crippen molar-refractivity contribution in [3.8, 4) is 11.8 Å². The number of carbonyl (C=O) groups is 1. The number of fused-ring (bicyclic) bond motifs is 1. The van der Waals surface area contributed by atoms with Crippen molar-refractivity contribution < 1.29 is 9.53 Å². The Morgan fingerprint density at radius 1 is 1.22 bits per heavy atom. The van der Waals surface area contributed by atoms with E-state index in [9.17, 15) is 14.9 Å². The number of anilines is 2. The number of benzene rings is 1. The van der Waals surface area contributed by atoms with Crippen molar-refractivity contribution in [2.24, 2.45) is 5.92 Å². The van der Waals surface area contributed by atoms with Gasteiger partial charge >= 0.3 is 0 Å². The molecular formula is C24H29N5O3. The first-order valence-corrected chi connectivity index (χ1v) is 11.4. The molecule has 1 amide bonds. The van der Waals surface area contributed by atoms with Crippen LogP contribution in [0.1, 0.15) is 63.0 Å². The number of hydrogen-bond acceptors (Lipinski definition) is 6. The van der Waals surface area contributed by atoms with Gasteiger partial charge in [0.25, 0.3) is 5.56 Å². The fourth-order valence-electron chi connectivity index (χ4n) is 4.69. The number of amides is 1. The summed E-state index contributed by atoms with van der Waals surface area (Å²) in [5, 5.41) is 12.4. The molecule has 4 rings (SSSR count). The van der Waals surface area contributed by atoms with E-state index in [-0.39, 0.29) is 11.4 Å². The Kier molecular flexibility index (Phi) is 6.45. The standard InChI is InChI=1S/C24H29N5O3/c1-3-13-32-17-10-8-15(9-11-17)19-18(14-25)22(30)26-21-20(19)23(31)28-24(27-21)29-12-6-5-7-16(29)4-2/h8-11,16,18-19H,3-7,12-13H2,1-2H3,(H2,26,27,28,30,31). The maximum absolute atomic E-state index is 13.3. The highest BCUT2D eigenvalue weighted by Gasteiger charge is 2.40. The Hall–Kier alpha value is -3.34. The molecule has 1 saturated heterocycles. The summed E-state index contributed by atoms with van der Waals surface area (Å²) in [4.78, 5) is 35.8. The number of aromatic amines is 1. The van der Waals surface area contributed by atoms with Crippen LogP contribution in [0.25, 0.3) is 0 Å². The summed E-state index contributed by atoms with van der Waals surface area (Å²) >= 11 is 0. The first-order chi connectivity index (χ1) is 15.6. The van der Waals surface area contributed by atoms with Crippen LogP contribution >= 0.6 is 0 Å². The third kappa shape index (κ3) is 4.07. The van der Waals surface area contributed by atoms with Crippen LogP contribution < -0.4 is 20.5 Å². The molecule has 2 aliphatic rings. The lowest BCUT2D eigenvalue weighted by molar-refractivity contribution is -0.119. The molecule has 2 aromatic rings. The van der Waals surface area contributed by atoms with E-state index >= 15 is 0 Å². The number of H-pyrrole nitrogens is 1. The summed E-state index contributed by atoms with van der Waals surface area (Å²) in [6, 6.07) is 9.63. The number of hydrogen-bond donors (Lipinski definition) is 2. The molecule has 0 radical (unpaired) electrons. The van der Waals surface area contributed by atoms with Gasteiger partial charge in [-0.05, 0) is 49.8 Å². The van der Waals surface area contributed by atoms with Gasteiger partial charge in [0.1, 0.15) is 17.5 Å². The summed E-state index contributed by atoms with van der Waals surface area (Å²) < 4.78 is 5.64. The molecule has 3 atom stereocenters.